The van der Waals surface area contributed by atoms with Crippen LogP contribution in [-0.2, 0) is 11.2 Å². The molecule has 135 valence electrons. The SMILES string of the molecule is CC(=O)O.NCCC1=C[N]C(=S)N1[C@H]1COc2c(F)cc(F)cc2C1. The molecule has 0 amide bonds. The van der Waals surface area contributed by atoms with E-state index < -0.39 is 17.6 Å². The molecular formula is C16H18F2N3O3S. The lowest BCUT2D eigenvalue weighted by molar-refractivity contribution is -0.134. The Morgan fingerprint density at radius 3 is 2.84 bits per heavy atom. The van der Waals surface area contributed by atoms with Gasteiger partial charge < -0.3 is 20.5 Å². The maximum absolute atomic E-state index is 13.7. The van der Waals surface area contributed by atoms with Crippen molar-refractivity contribution in [1.29, 1.82) is 0 Å². The van der Waals surface area contributed by atoms with E-state index in [4.69, 9.17) is 32.6 Å². The second kappa shape index (κ2) is 8.21. The van der Waals surface area contributed by atoms with Crippen LogP contribution in [0.1, 0.15) is 18.9 Å². The second-order valence-corrected chi connectivity index (χ2v) is 5.87. The Bertz CT molecular complexity index is 708. The van der Waals surface area contributed by atoms with Gasteiger partial charge in [-0.1, -0.05) is 0 Å². The van der Waals surface area contributed by atoms with Gasteiger partial charge in [0.1, 0.15) is 12.4 Å². The van der Waals surface area contributed by atoms with Crippen molar-refractivity contribution in [3.05, 3.63) is 41.2 Å². The number of nitrogens with two attached hydrogens (primary N) is 1. The lowest BCUT2D eigenvalue weighted by Crippen LogP contribution is -2.44. The molecule has 0 aromatic heterocycles. The molecule has 2 aliphatic heterocycles. The molecule has 1 aromatic carbocycles. The molecule has 0 unspecified atom stereocenters. The molecular weight excluding hydrogens is 352 g/mol. The molecule has 0 fully saturated rings. The van der Waals surface area contributed by atoms with Crippen LogP contribution < -0.4 is 15.8 Å². The number of hydrogen-bond donors (Lipinski definition) is 2. The Hall–Kier alpha value is -2.26. The molecule has 1 aromatic rings. The Balaban J connectivity index is 0.000000511. The summed E-state index contributed by atoms with van der Waals surface area (Å²) in [5.41, 5.74) is 7.00. The molecule has 2 heterocycles. The van der Waals surface area contributed by atoms with E-state index in [1.807, 2.05) is 4.90 Å². The van der Waals surface area contributed by atoms with Gasteiger partial charge in [0.25, 0.3) is 5.97 Å². The first-order valence-corrected chi connectivity index (χ1v) is 7.97. The maximum atomic E-state index is 13.7. The van der Waals surface area contributed by atoms with Crippen molar-refractivity contribution in [1.82, 2.24) is 10.2 Å². The minimum atomic E-state index is -0.833. The van der Waals surface area contributed by atoms with Gasteiger partial charge in [-0.15, -0.1) is 0 Å². The van der Waals surface area contributed by atoms with E-state index in [2.05, 4.69) is 5.32 Å². The Morgan fingerprint density at radius 1 is 1.52 bits per heavy atom. The van der Waals surface area contributed by atoms with E-state index >= 15 is 0 Å². The van der Waals surface area contributed by atoms with E-state index in [9.17, 15) is 8.78 Å². The van der Waals surface area contributed by atoms with Gasteiger partial charge in [0, 0.05) is 43.3 Å². The molecule has 9 heteroatoms. The summed E-state index contributed by atoms with van der Waals surface area (Å²) in [7, 11) is 0. The summed E-state index contributed by atoms with van der Waals surface area (Å²) in [6, 6.07) is 2.00. The number of hydrogen-bond acceptors (Lipinski definition) is 4. The fourth-order valence-corrected chi connectivity index (χ4v) is 3.00. The zero-order valence-electron chi connectivity index (χ0n) is 13.5. The van der Waals surface area contributed by atoms with Crippen molar-refractivity contribution in [2.75, 3.05) is 13.2 Å². The van der Waals surface area contributed by atoms with Crippen molar-refractivity contribution in [2.24, 2.45) is 5.73 Å². The first kappa shape index (κ1) is 19.1. The molecule has 3 N–H and O–H groups in total. The summed E-state index contributed by atoms with van der Waals surface area (Å²) in [6.07, 6.45) is 2.78. The molecule has 6 nitrogen and oxygen atoms in total. The van der Waals surface area contributed by atoms with Crippen LogP contribution >= 0.6 is 12.2 Å². The topological polar surface area (TPSA) is 89.9 Å². The van der Waals surface area contributed by atoms with Gasteiger partial charge in [-0.3, -0.25) is 4.79 Å². The molecule has 3 rings (SSSR count). The monoisotopic (exact) mass is 370 g/mol. The minimum Gasteiger partial charge on any atom is -0.488 e. The van der Waals surface area contributed by atoms with Crippen molar-refractivity contribution < 1.29 is 23.4 Å². The number of fused-ring (bicyclic) bond motifs is 1. The van der Waals surface area contributed by atoms with Crippen LogP contribution in [0.5, 0.6) is 5.75 Å². The summed E-state index contributed by atoms with van der Waals surface area (Å²) < 4.78 is 32.5. The van der Waals surface area contributed by atoms with Gasteiger partial charge in [0.05, 0.1) is 6.04 Å². The largest absolute Gasteiger partial charge is 0.488 e. The number of halogens is 2. The van der Waals surface area contributed by atoms with E-state index in [1.54, 1.807) is 6.20 Å². The summed E-state index contributed by atoms with van der Waals surface area (Å²) in [4.78, 5) is 10.9. The third-order valence-electron chi connectivity index (χ3n) is 3.57. The zero-order valence-corrected chi connectivity index (χ0v) is 14.4. The smallest absolute Gasteiger partial charge is 0.300 e. The number of thiocarbonyl (C=S) groups is 1. The number of carbonyl (C=O) groups is 1. The molecule has 0 bridgehead atoms. The molecule has 0 saturated heterocycles. The quantitative estimate of drug-likeness (QED) is 0.788. The van der Waals surface area contributed by atoms with Crippen LogP contribution in [-0.4, -0.2) is 40.3 Å². The highest BCUT2D eigenvalue weighted by atomic mass is 32.1. The van der Waals surface area contributed by atoms with Gasteiger partial charge in [0.2, 0.25) is 0 Å². The Kier molecular flexibility index (Phi) is 6.27. The van der Waals surface area contributed by atoms with Crippen molar-refractivity contribution in [3.63, 3.8) is 0 Å². The van der Waals surface area contributed by atoms with Crippen molar-refractivity contribution in [3.8, 4) is 5.75 Å². The van der Waals surface area contributed by atoms with Crippen LogP contribution in [0.25, 0.3) is 0 Å². The van der Waals surface area contributed by atoms with Gasteiger partial charge >= 0.3 is 0 Å². The van der Waals surface area contributed by atoms with Crippen LogP contribution in [0, 0.1) is 11.6 Å². The van der Waals surface area contributed by atoms with Crippen molar-refractivity contribution >= 4 is 23.3 Å². The van der Waals surface area contributed by atoms with Crippen molar-refractivity contribution in [2.45, 2.75) is 25.8 Å². The second-order valence-electron chi connectivity index (χ2n) is 5.50. The fraction of sp³-hybridized carbons (Fsp3) is 0.375. The van der Waals surface area contributed by atoms with Crippen LogP contribution in [0.4, 0.5) is 8.78 Å². The highest BCUT2D eigenvalue weighted by molar-refractivity contribution is 7.80. The molecule has 0 saturated carbocycles. The number of carboxylic acids is 1. The number of benzene rings is 1. The molecule has 1 radical (unpaired) electrons. The number of aliphatic carboxylic acids is 1. The predicted octanol–water partition coefficient (Wildman–Crippen LogP) is 1.75. The van der Waals surface area contributed by atoms with Crippen LogP contribution in [0.15, 0.2) is 24.0 Å². The fourth-order valence-electron chi connectivity index (χ4n) is 2.69. The van der Waals surface area contributed by atoms with Crippen LogP contribution in [0.2, 0.25) is 0 Å². The average molecular weight is 370 g/mol. The highest BCUT2D eigenvalue weighted by Crippen LogP contribution is 2.32. The van der Waals surface area contributed by atoms with E-state index in [0.29, 0.717) is 30.1 Å². The third-order valence-corrected chi connectivity index (χ3v) is 3.87. The third kappa shape index (κ3) is 4.64. The molecule has 2 aliphatic rings. The lowest BCUT2D eigenvalue weighted by Gasteiger charge is -2.34. The summed E-state index contributed by atoms with van der Waals surface area (Å²) in [5.74, 6) is -1.99. The van der Waals surface area contributed by atoms with Gasteiger partial charge in [-0.25, -0.2) is 14.1 Å². The minimum absolute atomic E-state index is 0.124. The lowest BCUT2D eigenvalue weighted by atomic mass is 10.0. The number of rotatable bonds is 3. The normalized spacial score (nSPS) is 18.4. The standard InChI is InChI=1S/C14H14F2N3OS.C2H4O2/c15-9-3-8-4-11(7-20-13(8)12(16)5-9)19-10(1-2-17)6-18-14(19)21;1-2(3)4/h3,5-6,11H,1-2,4,7,17H2;1H3,(H,3,4)/t11-;/m1./s1. The predicted molar refractivity (Wildman–Crippen MR) is 91.0 cm³/mol. The Morgan fingerprint density at radius 2 is 2.20 bits per heavy atom. The maximum Gasteiger partial charge on any atom is 0.300 e. The molecule has 1 atom stereocenters. The number of nitrogens with zero attached hydrogens (tertiary/aromatic N) is 2. The summed E-state index contributed by atoms with van der Waals surface area (Å²) >= 11 is 5.23. The van der Waals surface area contributed by atoms with Gasteiger partial charge in [-0.2, -0.15) is 0 Å². The van der Waals surface area contributed by atoms with Crippen LogP contribution in [0.3, 0.4) is 0 Å². The van der Waals surface area contributed by atoms with E-state index in [0.717, 1.165) is 18.7 Å². The zero-order chi connectivity index (χ0) is 18.6. The highest BCUT2D eigenvalue weighted by Gasteiger charge is 2.33. The molecule has 25 heavy (non-hydrogen) atoms. The van der Waals surface area contributed by atoms with Gasteiger partial charge in [-0.05, 0) is 24.8 Å². The number of ether oxygens (including phenoxy) is 1. The first-order chi connectivity index (χ1) is 11.8. The summed E-state index contributed by atoms with van der Waals surface area (Å²) in [6.45, 7) is 1.83. The molecule has 0 aliphatic carbocycles. The number of carboxylic acid groups (broad SMARTS) is 1. The average Bonchev–Trinajstić information content (AvgIpc) is 2.87. The first-order valence-electron chi connectivity index (χ1n) is 7.57. The van der Waals surface area contributed by atoms with E-state index in [-0.39, 0.29) is 18.4 Å². The molecule has 0 spiro atoms. The summed E-state index contributed by atoms with van der Waals surface area (Å²) in [5, 5.41) is 12.0. The van der Waals surface area contributed by atoms with Gasteiger partial charge in [0.15, 0.2) is 16.7 Å². The van der Waals surface area contributed by atoms with E-state index in [1.165, 1.54) is 6.07 Å². The Labute approximate surface area is 149 Å².